The van der Waals surface area contributed by atoms with E-state index in [-0.39, 0.29) is 11.0 Å². The van der Waals surface area contributed by atoms with E-state index in [1.54, 1.807) is 7.11 Å². The van der Waals surface area contributed by atoms with Crippen molar-refractivity contribution in [1.82, 2.24) is 0 Å². The van der Waals surface area contributed by atoms with E-state index in [2.05, 4.69) is 0 Å². The second-order valence-electron chi connectivity index (χ2n) is 4.56. The highest BCUT2D eigenvalue weighted by Crippen LogP contribution is 2.29. The van der Waals surface area contributed by atoms with Gasteiger partial charge < -0.3 is 4.74 Å². The van der Waals surface area contributed by atoms with E-state index in [0.29, 0.717) is 6.61 Å². The molecular formula is C13H18O3S. The molecule has 2 rings (SSSR count). The molecule has 3 nitrogen and oxygen atoms in total. The molecular weight excluding hydrogens is 236 g/mol. The topological polar surface area (TPSA) is 43.4 Å². The molecule has 1 aliphatic rings. The van der Waals surface area contributed by atoms with Gasteiger partial charge in [-0.2, -0.15) is 0 Å². The summed E-state index contributed by atoms with van der Waals surface area (Å²) in [5.74, 6) is 0.150. The van der Waals surface area contributed by atoms with Crippen molar-refractivity contribution in [3.63, 3.8) is 0 Å². The Morgan fingerprint density at radius 2 is 1.88 bits per heavy atom. The van der Waals surface area contributed by atoms with Crippen molar-refractivity contribution in [1.29, 1.82) is 0 Å². The molecule has 0 N–H and O–H groups in total. The molecule has 0 radical (unpaired) electrons. The molecule has 1 saturated carbocycles. The zero-order valence-corrected chi connectivity index (χ0v) is 10.9. The lowest BCUT2D eigenvalue weighted by Crippen LogP contribution is -2.29. The van der Waals surface area contributed by atoms with Crippen LogP contribution in [0.2, 0.25) is 0 Å². The number of benzene rings is 1. The molecule has 0 saturated heterocycles. The SMILES string of the molecule is COCc1ccccc1CS(=O)(=O)C1CCC1. The van der Waals surface area contributed by atoms with Crippen LogP contribution in [0.5, 0.6) is 0 Å². The number of hydrogen-bond donors (Lipinski definition) is 0. The van der Waals surface area contributed by atoms with Crippen LogP contribution in [0.25, 0.3) is 0 Å². The third kappa shape index (κ3) is 2.87. The van der Waals surface area contributed by atoms with Crippen LogP contribution in [-0.4, -0.2) is 20.8 Å². The largest absolute Gasteiger partial charge is 0.380 e. The van der Waals surface area contributed by atoms with E-state index in [1.807, 2.05) is 24.3 Å². The van der Waals surface area contributed by atoms with Crippen LogP contribution >= 0.6 is 0 Å². The van der Waals surface area contributed by atoms with E-state index < -0.39 is 9.84 Å². The van der Waals surface area contributed by atoms with Crippen molar-refractivity contribution < 1.29 is 13.2 Å². The standard InChI is InChI=1S/C13H18O3S/c1-16-9-11-5-2-3-6-12(11)10-17(14,15)13-7-4-8-13/h2-3,5-6,13H,4,7-10H2,1H3. The van der Waals surface area contributed by atoms with Gasteiger partial charge in [-0.15, -0.1) is 0 Å². The number of ether oxygens (including phenoxy) is 1. The fourth-order valence-corrected chi connectivity index (χ4v) is 4.06. The number of sulfone groups is 1. The minimum atomic E-state index is -2.97. The van der Waals surface area contributed by atoms with Gasteiger partial charge in [-0.3, -0.25) is 0 Å². The first-order valence-electron chi connectivity index (χ1n) is 5.91. The second-order valence-corrected chi connectivity index (χ2v) is 6.84. The molecule has 4 heteroatoms. The first kappa shape index (κ1) is 12.6. The van der Waals surface area contributed by atoms with Gasteiger partial charge in [-0.05, 0) is 24.0 Å². The first-order valence-corrected chi connectivity index (χ1v) is 7.62. The fourth-order valence-electron chi connectivity index (χ4n) is 2.06. The van der Waals surface area contributed by atoms with Gasteiger partial charge in [0.15, 0.2) is 9.84 Å². The highest BCUT2D eigenvalue weighted by molar-refractivity contribution is 7.91. The van der Waals surface area contributed by atoms with Gasteiger partial charge in [0.2, 0.25) is 0 Å². The Labute approximate surface area is 103 Å². The summed E-state index contributed by atoms with van der Waals surface area (Å²) in [6.07, 6.45) is 2.70. The molecule has 0 heterocycles. The van der Waals surface area contributed by atoms with Crippen molar-refractivity contribution in [3.05, 3.63) is 35.4 Å². The Bertz CT molecular complexity index is 475. The summed E-state index contributed by atoms with van der Waals surface area (Å²) >= 11 is 0. The molecule has 0 bridgehead atoms. The van der Waals surface area contributed by atoms with Crippen molar-refractivity contribution in [2.45, 2.75) is 36.9 Å². The normalized spacial score (nSPS) is 16.8. The van der Waals surface area contributed by atoms with E-state index in [4.69, 9.17) is 4.74 Å². The first-order chi connectivity index (χ1) is 8.13. The summed E-state index contributed by atoms with van der Waals surface area (Å²) < 4.78 is 29.3. The van der Waals surface area contributed by atoms with Gasteiger partial charge in [0, 0.05) is 7.11 Å². The average Bonchev–Trinajstić information content (AvgIpc) is 2.17. The van der Waals surface area contributed by atoms with Crippen LogP contribution in [0.15, 0.2) is 24.3 Å². The van der Waals surface area contributed by atoms with E-state index in [0.717, 1.165) is 30.4 Å². The van der Waals surface area contributed by atoms with Crippen molar-refractivity contribution >= 4 is 9.84 Å². The van der Waals surface area contributed by atoms with Crippen LogP contribution in [0.4, 0.5) is 0 Å². The van der Waals surface area contributed by atoms with Crippen molar-refractivity contribution in [2.24, 2.45) is 0 Å². The molecule has 1 aliphatic carbocycles. The molecule has 0 spiro atoms. The average molecular weight is 254 g/mol. The molecule has 0 atom stereocenters. The fraction of sp³-hybridized carbons (Fsp3) is 0.538. The van der Waals surface area contributed by atoms with Gasteiger partial charge in [-0.25, -0.2) is 8.42 Å². The summed E-state index contributed by atoms with van der Waals surface area (Å²) in [6.45, 7) is 0.469. The van der Waals surface area contributed by atoms with Gasteiger partial charge in [-0.1, -0.05) is 30.7 Å². The summed E-state index contributed by atoms with van der Waals surface area (Å²) in [4.78, 5) is 0. The van der Waals surface area contributed by atoms with Gasteiger partial charge in [0.1, 0.15) is 0 Å². The van der Waals surface area contributed by atoms with Crippen LogP contribution < -0.4 is 0 Å². The van der Waals surface area contributed by atoms with E-state index >= 15 is 0 Å². The maximum Gasteiger partial charge on any atom is 0.157 e. The summed E-state index contributed by atoms with van der Waals surface area (Å²) in [6, 6.07) is 7.60. The predicted octanol–water partition coefficient (Wildman–Crippen LogP) is 2.30. The molecule has 1 aromatic carbocycles. The highest BCUT2D eigenvalue weighted by Gasteiger charge is 2.31. The number of hydrogen-bond acceptors (Lipinski definition) is 3. The Morgan fingerprint density at radius 3 is 2.41 bits per heavy atom. The number of rotatable bonds is 5. The lowest BCUT2D eigenvalue weighted by molar-refractivity contribution is 0.184. The monoisotopic (exact) mass is 254 g/mol. The molecule has 0 aliphatic heterocycles. The van der Waals surface area contributed by atoms with E-state index in [9.17, 15) is 8.42 Å². The zero-order valence-electron chi connectivity index (χ0n) is 10.1. The summed E-state index contributed by atoms with van der Waals surface area (Å²) in [5.41, 5.74) is 1.85. The third-order valence-electron chi connectivity index (χ3n) is 3.33. The molecule has 17 heavy (non-hydrogen) atoms. The predicted molar refractivity (Wildman–Crippen MR) is 67.4 cm³/mol. The van der Waals surface area contributed by atoms with E-state index in [1.165, 1.54) is 0 Å². The van der Waals surface area contributed by atoms with Gasteiger partial charge in [0.05, 0.1) is 17.6 Å². The molecule has 0 aromatic heterocycles. The molecule has 0 unspecified atom stereocenters. The smallest absolute Gasteiger partial charge is 0.157 e. The maximum absolute atomic E-state index is 12.1. The Hall–Kier alpha value is -0.870. The Balaban J connectivity index is 2.17. The quantitative estimate of drug-likeness (QED) is 0.809. The lowest BCUT2D eigenvalue weighted by Gasteiger charge is -2.25. The molecule has 0 amide bonds. The molecule has 94 valence electrons. The van der Waals surface area contributed by atoms with Crippen LogP contribution in [-0.2, 0) is 26.9 Å². The molecule has 1 fully saturated rings. The highest BCUT2D eigenvalue weighted by atomic mass is 32.2. The minimum Gasteiger partial charge on any atom is -0.380 e. The summed E-state index contributed by atoms with van der Waals surface area (Å²) in [7, 11) is -1.35. The zero-order chi connectivity index (χ0) is 12.3. The van der Waals surface area contributed by atoms with Gasteiger partial charge in [0.25, 0.3) is 0 Å². The van der Waals surface area contributed by atoms with Crippen LogP contribution in [0.1, 0.15) is 30.4 Å². The maximum atomic E-state index is 12.1. The summed E-state index contributed by atoms with van der Waals surface area (Å²) in [5, 5.41) is -0.113. The Morgan fingerprint density at radius 1 is 1.24 bits per heavy atom. The minimum absolute atomic E-state index is 0.113. The molecule has 1 aromatic rings. The third-order valence-corrected chi connectivity index (χ3v) is 5.54. The van der Waals surface area contributed by atoms with Crippen molar-refractivity contribution in [2.75, 3.05) is 7.11 Å². The lowest BCUT2D eigenvalue weighted by atomic mass is 10.00. The van der Waals surface area contributed by atoms with Crippen molar-refractivity contribution in [3.8, 4) is 0 Å². The van der Waals surface area contributed by atoms with Crippen LogP contribution in [0, 0.1) is 0 Å². The Kier molecular flexibility index (Phi) is 3.84. The second kappa shape index (κ2) is 5.19. The number of methoxy groups -OCH3 is 1. The van der Waals surface area contributed by atoms with Gasteiger partial charge >= 0.3 is 0 Å². The van der Waals surface area contributed by atoms with Crippen LogP contribution in [0.3, 0.4) is 0 Å².